The molecule has 2 aromatic carbocycles. The van der Waals surface area contributed by atoms with Crippen LogP contribution in [0.3, 0.4) is 0 Å². The number of carbonyl (C=O) groups excluding carboxylic acids is 2. The number of amides is 1. The third kappa shape index (κ3) is 3.78. The maximum absolute atomic E-state index is 12.8. The van der Waals surface area contributed by atoms with Crippen molar-refractivity contribution in [1.29, 1.82) is 0 Å². The van der Waals surface area contributed by atoms with Gasteiger partial charge in [-0.3, -0.25) is 14.4 Å². The average Bonchev–Trinajstić information content (AvgIpc) is 3.44. The summed E-state index contributed by atoms with van der Waals surface area (Å²) in [6, 6.07) is 14.5. The first kappa shape index (κ1) is 20.7. The summed E-state index contributed by atoms with van der Waals surface area (Å²) in [5.74, 6) is 1.31. The van der Waals surface area contributed by atoms with Crippen LogP contribution in [0.5, 0.6) is 0 Å². The SMILES string of the molecule is CC(NC(=O)COC(=O)Cn1c2ccccc2c(=O)c2ccccc21)C1CC2CCC1C2. The van der Waals surface area contributed by atoms with Crippen molar-refractivity contribution in [2.24, 2.45) is 17.8 Å². The molecule has 2 aliphatic carbocycles. The molecule has 1 amide bonds. The summed E-state index contributed by atoms with van der Waals surface area (Å²) < 4.78 is 7.09. The lowest BCUT2D eigenvalue weighted by molar-refractivity contribution is -0.149. The number of rotatable bonds is 6. The lowest BCUT2D eigenvalue weighted by atomic mass is 9.84. The fourth-order valence-electron chi connectivity index (χ4n) is 5.88. The van der Waals surface area contributed by atoms with Gasteiger partial charge in [0.15, 0.2) is 12.0 Å². The molecule has 32 heavy (non-hydrogen) atoms. The molecular weight excluding hydrogens is 404 g/mol. The number of carbonyl (C=O) groups is 2. The number of para-hydroxylation sites is 2. The van der Waals surface area contributed by atoms with Crippen LogP contribution in [0, 0.1) is 17.8 Å². The number of esters is 1. The third-order valence-electron chi connectivity index (χ3n) is 7.35. The van der Waals surface area contributed by atoms with Gasteiger partial charge < -0.3 is 14.6 Å². The van der Waals surface area contributed by atoms with Gasteiger partial charge in [0.25, 0.3) is 5.91 Å². The molecule has 0 aliphatic heterocycles. The molecule has 1 heterocycles. The summed E-state index contributed by atoms with van der Waals surface area (Å²) in [7, 11) is 0. The molecule has 0 spiro atoms. The van der Waals surface area contributed by atoms with Crippen LogP contribution >= 0.6 is 0 Å². The molecule has 2 aliphatic rings. The smallest absolute Gasteiger partial charge is 0.326 e. The summed E-state index contributed by atoms with van der Waals surface area (Å²) in [4.78, 5) is 37.9. The van der Waals surface area contributed by atoms with Crippen LogP contribution in [0.4, 0.5) is 0 Å². The van der Waals surface area contributed by atoms with Crippen molar-refractivity contribution < 1.29 is 14.3 Å². The van der Waals surface area contributed by atoms with E-state index in [1.165, 1.54) is 25.7 Å². The predicted molar refractivity (Wildman–Crippen MR) is 123 cm³/mol. The largest absolute Gasteiger partial charge is 0.454 e. The summed E-state index contributed by atoms with van der Waals surface area (Å²) in [6.07, 6.45) is 5.08. The Hall–Kier alpha value is -3.15. The molecule has 2 saturated carbocycles. The van der Waals surface area contributed by atoms with Gasteiger partial charge in [0, 0.05) is 16.8 Å². The summed E-state index contributed by atoms with van der Waals surface area (Å²) in [5, 5.41) is 4.13. The molecule has 2 bridgehead atoms. The number of nitrogens with zero attached hydrogens (tertiary/aromatic N) is 1. The number of benzene rings is 2. The van der Waals surface area contributed by atoms with E-state index in [1.807, 2.05) is 36.4 Å². The van der Waals surface area contributed by atoms with Gasteiger partial charge in [-0.15, -0.1) is 0 Å². The second kappa shape index (κ2) is 8.41. The lowest BCUT2D eigenvalue weighted by Crippen LogP contribution is -2.42. The molecule has 166 valence electrons. The molecule has 6 nitrogen and oxygen atoms in total. The minimum atomic E-state index is -0.508. The predicted octanol–water partition coefficient (Wildman–Crippen LogP) is 3.64. The maximum atomic E-state index is 12.8. The molecule has 5 rings (SSSR count). The first-order valence-electron chi connectivity index (χ1n) is 11.5. The number of hydrogen-bond acceptors (Lipinski definition) is 4. The van der Waals surface area contributed by atoms with Gasteiger partial charge in [0.2, 0.25) is 0 Å². The van der Waals surface area contributed by atoms with Gasteiger partial charge in [0.1, 0.15) is 6.54 Å². The molecule has 0 saturated heterocycles. The van der Waals surface area contributed by atoms with E-state index in [-0.39, 0.29) is 30.5 Å². The van der Waals surface area contributed by atoms with Crippen LogP contribution < -0.4 is 10.7 Å². The number of pyridine rings is 1. The van der Waals surface area contributed by atoms with Crippen molar-refractivity contribution in [1.82, 2.24) is 9.88 Å². The van der Waals surface area contributed by atoms with Gasteiger partial charge in [-0.1, -0.05) is 30.7 Å². The Morgan fingerprint density at radius 2 is 1.69 bits per heavy atom. The Morgan fingerprint density at radius 3 is 2.28 bits per heavy atom. The van der Waals surface area contributed by atoms with Gasteiger partial charge in [0.05, 0.1) is 11.0 Å². The maximum Gasteiger partial charge on any atom is 0.326 e. The fraction of sp³-hybridized carbons (Fsp3) is 0.423. The number of nitrogens with one attached hydrogen (secondary N) is 1. The monoisotopic (exact) mass is 432 g/mol. The number of aromatic nitrogens is 1. The molecular formula is C26H28N2O4. The Bertz CT molecular complexity index is 1190. The standard InChI is InChI=1S/C26H28N2O4/c1-16(21-13-17-10-11-18(21)12-17)27-24(29)15-32-25(30)14-28-22-8-4-2-6-19(22)26(31)20-7-3-5-9-23(20)28/h2-9,16-18,21H,10-15H2,1H3,(H,27,29). The Labute approximate surface area is 186 Å². The normalized spacial score (nSPS) is 22.8. The molecule has 0 radical (unpaired) electrons. The van der Waals surface area contributed by atoms with Gasteiger partial charge in [-0.2, -0.15) is 0 Å². The van der Waals surface area contributed by atoms with Crippen LogP contribution in [-0.2, 0) is 20.9 Å². The molecule has 4 unspecified atom stereocenters. The van der Waals surface area contributed by atoms with E-state index in [2.05, 4.69) is 12.2 Å². The van der Waals surface area contributed by atoms with E-state index in [9.17, 15) is 14.4 Å². The van der Waals surface area contributed by atoms with Crippen LogP contribution in [0.1, 0.15) is 32.6 Å². The second-order valence-corrected chi connectivity index (χ2v) is 9.31. The molecule has 6 heteroatoms. The molecule has 1 N–H and O–H groups in total. The molecule has 1 aromatic heterocycles. The quantitative estimate of drug-likeness (QED) is 0.477. The van der Waals surface area contributed by atoms with E-state index in [4.69, 9.17) is 4.74 Å². The summed E-state index contributed by atoms with van der Waals surface area (Å²) in [6.45, 7) is 1.69. The summed E-state index contributed by atoms with van der Waals surface area (Å²) >= 11 is 0. The van der Waals surface area contributed by atoms with Crippen molar-refractivity contribution in [3.05, 3.63) is 58.8 Å². The van der Waals surface area contributed by atoms with Crippen LogP contribution in [0.15, 0.2) is 53.3 Å². The average molecular weight is 433 g/mol. The number of hydrogen-bond donors (Lipinski definition) is 1. The topological polar surface area (TPSA) is 77.4 Å². The van der Waals surface area contributed by atoms with Crippen molar-refractivity contribution in [2.45, 2.75) is 45.2 Å². The molecule has 3 aromatic rings. The molecule has 4 atom stereocenters. The minimum absolute atomic E-state index is 0.0604. The number of fused-ring (bicyclic) bond motifs is 4. The van der Waals surface area contributed by atoms with E-state index in [1.54, 1.807) is 16.7 Å². The van der Waals surface area contributed by atoms with Crippen molar-refractivity contribution in [3.63, 3.8) is 0 Å². The van der Waals surface area contributed by atoms with E-state index in [0.717, 1.165) is 11.8 Å². The summed E-state index contributed by atoms with van der Waals surface area (Å²) in [5.41, 5.74) is 1.28. The van der Waals surface area contributed by atoms with Crippen molar-refractivity contribution in [2.75, 3.05) is 6.61 Å². The first-order chi connectivity index (χ1) is 15.5. The van der Waals surface area contributed by atoms with Crippen LogP contribution in [-0.4, -0.2) is 29.1 Å². The Balaban J connectivity index is 1.26. The Kier molecular flexibility index (Phi) is 5.45. The first-order valence-corrected chi connectivity index (χ1v) is 11.5. The highest BCUT2D eigenvalue weighted by Gasteiger charge is 2.42. The van der Waals surface area contributed by atoms with Crippen molar-refractivity contribution in [3.8, 4) is 0 Å². The van der Waals surface area contributed by atoms with Crippen molar-refractivity contribution >= 4 is 33.7 Å². The zero-order valence-corrected chi connectivity index (χ0v) is 18.3. The third-order valence-corrected chi connectivity index (χ3v) is 7.35. The van der Waals surface area contributed by atoms with Gasteiger partial charge >= 0.3 is 5.97 Å². The fourth-order valence-corrected chi connectivity index (χ4v) is 5.88. The highest BCUT2D eigenvalue weighted by Crippen LogP contribution is 2.49. The van der Waals surface area contributed by atoms with E-state index in [0.29, 0.717) is 27.7 Å². The zero-order chi connectivity index (χ0) is 22.2. The zero-order valence-electron chi connectivity index (χ0n) is 18.3. The minimum Gasteiger partial charge on any atom is -0.454 e. The lowest BCUT2D eigenvalue weighted by Gasteiger charge is -2.28. The van der Waals surface area contributed by atoms with E-state index >= 15 is 0 Å². The Morgan fingerprint density at radius 1 is 1.03 bits per heavy atom. The van der Waals surface area contributed by atoms with Crippen LogP contribution in [0.2, 0.25) is 0 Å². The second-order valence-electron chi connectivity index (χ2n) is 9.31. The highest BCUT2D eigenvalue weighted by atomic mass is 16.5. The van der Waals surface area contributed by atoms with E-state index < -0.39 is 5.97 Å². The number of ether oxygens (including phenoxy) is 1. The highest BCUT2D eigenvalue weighted by molar-refractivity contribution is 5.94. The molecule has 2 fully saturated rings. The van der Waals surface area contributed by atoms with Crippen LogP contribution in [0.25, 0.3) is 21.8 Å². The van der Waals surface area contributed by atoms with Gasteiger partial charge in [-0.05, 0) is 68.2 Å². The van der Waals surface area contributed by atoms with Gasteiger partial charge in [-0.25, -0.2) is 0 Å².